The normalized spacial score (nSPS) is 31.4. The lowest BCUT2D eigenvalue weighted by Crippen LogP contribution is -2.56. The largest absolute Gasteiger partial charge is 0.418 e. The van der Waals surface area contributed by atoms with Gasteiger partial charge in [-0.3, -0.25) is 14.2 Å². The number of carbonyl (C=O) groups excluding carboxylic acids is 2. The Balaban J connectivity index is 1.46. The van der Waals surface area contributed by atoms with E-state index in [1.807, 2.05) is 11.9 Å². The third-order valence-electron chi connectivity index (χ3n) is 5.50. The van der Waals surface area contributed by atoms with E-state index >= 15 is 0 Å². The maximum absolute atomic E-state index is 12.5. The Morgan fingerprint density at radius 1 is 1.32 bits per heavy atom. The molecule has 0 radical (unpaired) electrons. The number of amides is 3. The third kappa shape index (κ3) is 2.97. The number of piperidine rings is 1. The highest BCUT2D eigenvalue weighted by Crippen LogP contribution is 2.59. The highest BCUT2D eigenvalue weighted by molar-refractivity contribution is 7.80. The Morgan fingerprint density at radius 3 is 2.56 bits per heavy atom. The molecular weight excluding hydrogens is 356 g/mol. The zero-order valence-electron chi connectivity index (χ0n) is 13.6. The van der Waals surface area contributed by atoms with Gasteiger partial charge in [0, 0.05) is 19.6 Å². The van der Waals surface area contributed by atoms with Crippen LogP contribution in [-0.4, -0.2) is 84.6 Å². The topological polar surface area (TPSA) is 129 Å². The molecule has 0 unspecified atom stereocenters. The van der Waals surface area contributed by atoms with Crippen molar-refractivity contribution in [3.8, 4) is 0 Å². The van der Waals surface area contributed by atoms with E-state index in [0.29, 0.717) is 11.5 Å². The lowest BCUT2D eigenvalue weighted by atomic mass is 9.85. The molecule has 2 N–H and O–H groups in total. The maximum atomic E-state index is 12.5. The minimum Gasteiger partial charge on any atom is -0.309 e. The molecule has 4 fully saturated rings. The van der Waals surface area contributed by atoms with Gasteiger partial charge < -0.3 is 9.80 Å². The van der Waals surface area contributed by atoms with Gasteiger partial charge in [0.05, 0.1) is 6.04 Å². The van der Waals surface area contributed by atoms with Gasteiger partial charge in [-0.15, -0.1) is 4.28 Å². The molecule has 3 aliphatic heterocycles. The number of likely N-dealkylation sites (N-methyl/N-ethyl adjacent to an activating group) is 1. The number of nitrogens with zero attached hydrogens (tertiary/aromatic N) is 3. The second kappa shape index (κ2) is 5.51. The molecule has 1 saturated carbocycles. The first-order chi connectivity index (χ1) is 11.7. The maximum Gasteiger partial charge on any atom is 0.418 e. The zero-order valence-corrected chi connectivity index (χ0v) is 14.4. The van der Waals surface area contributed by atoms with E-state index in [1.165, 1.54) is 4.90 Å². The van der Waals surface area contributed by atoms with E-state index in [0.717, 1.165) is 25.9 Å². The lowest BCUT2D eigenvalue weighted by molar-refractivity contribution is -0.153. The van der Waals surface area contributed by atoms with Crippen LogP contribution in [0.15, 0.2) is 0 Å². The fourth-order valence-electron chi connectivity index (χ4n) is 3.98. The van der Waals surface area contributed by atoms with Crippen molar-refractivity contribution < 1.29 is 31.7 Å². The molecule has 0 aromatic carbocycles. The molecule has 4 aliphatic rings. The van der Waals surface area contributed by atoms with Crippen molar-refractivity contribution in [3.05, 3.63) is 0 Å². The number of fused-ring (bicyclic) bond motifs is 3. The minimum atomic E-state index is -4.81. The van der Waals surface area contributed by atoms with Gasteiger partial charge in [0.1, 0.15) is 12.1 Å². The fourth-order valence-corrected chi connectivity index (χ4v) is 4.35. The van der Waals surface area contributed by atoms with Gasteiger partial charge in [-0.2, -0.15) is 13.5 Å². The van der Waals surface area contributed by atoms with Gasteiger partial charge in [-0.1, -0.05) is 0 Å². The summed E-state index contributed by atoms with van der Waals surface area (Å²) in [5, 5.41) is 0.692. The molecule has 25 heavy (non-hydrogen) atoms. The predicted octanol–water partition coefficient (Wildman–Crippen LogP) is -1.26. The van der Waals surface area contributed by atoms with Crippen LogP contribution in [0.4, 0.5) is 4.79 Å². The van der Waals surface area contributed by atoms with Crippen LogP contribution in [0.2, 0.25) is 0 Å². The van der Waals surface area contributed by atoms with Crippen molar-refractivity contribution in [2.24, 2.45) is 5.41 Å². The van der Waals surface area contributed by atoms with Gasteiger partial charge in [-0.05, 0) is 31.7 Å². The van der Waals surface area contributed by atoms with Crippen LogP contribution in [0, 0.1) is 5.41 Å². The van der Waals surface area contributed by atoms with Gasteiger partial charge in [0.15, 0.2) is 0 Å². The molecule has 0 aromatic heterocycles. The fraction of sp³-hybridized carbons (Fsp3) is 0.846. The number of hydrogen-bond donors (Lipinski definition) is 2. The molecule has 3 heterocycles. The molecule has 11 nitrogen and oxygen atoms in total. The van der Waals surface area contributed by atoms with Gasteiger partial charge in [0.2, 0.25) is 0 Å². The number of nitrogens with one attached hydrogen (secondary N) is 1. The van der Waals surface area contributed by atoms with Crippen LogP contribution in [0.1, 0.15) is 19.3 Å². The second-order valence-electron chi connectivity index (χ2n) is 7.29. The van der Waals surface area contributed by atoms with Crippen molar-refractivity contribution in [1.29, 1.82) is 0 Å². The Kier molecular flexibility index (Phi) is 3.74. The summed E-state index contributed by atoms with van der Waals surface area (Å²) < 4.78 is 35.4. The SMILES string of the molecule is CN1CC(ONC(=O)[C@@H]2CC3(CC3)[C@@H]3CN2C(=O)N3OS(=O)(=O)O)C1. The summed E-state index contributed by atoms with van der Waals surface area (Å²) in [6.45, 7) is 1.61. The van der Waals surface area contributed by atoms with Crippen molar-refractivity contribution in [3.63, 3.8) is 0 Å². The quantitative estimate of drug-likeness (QED) is 0.449. The Morgan fingerprint density at radius 2 is 2.00 bits per heavy atom. The summed E-state index contributed by atoms with van der Waals surface area (Å²) >= 11 is 0. The molecule has 3 amide bonds. The predicted molar refractivity (Wildman–Crippen MR) is 80.9 cm³/mol. The molecular formula is C13H20N4O7S. The first-order valence-corrected chi connectivity index (χ1v) is 9.46. The van der Waals surface area contributed by atoms with Crippen LogP contribution in [-0.2, 0) is 24.3 Å². The van der Waals surface area contributed by atoms with Crippen molar-refractivity contribution in [2.45, 2.75) is 37.5 Å². The van der Waals surface area contributed by atoms with Crippen molar-refractivity contribution in [2.75, 3.05) is 26.7 Å². The van der Waals surface area contributed by atoms with Gasteiger partial charge in [-0.25, -0.2) is 10.3 Å². The number of hydrogen-bond acceptors (Lipinski definition) is 7. The monoisotopic (exact) mass is 376 g/mol. The number of urea groups is 1. The Hall–Kier alpha value is -1.47. The van der Waals surface area contributed by atoms with Crippen LogP contribution in [0.5, 0.6) is 0 Å². The first kappa shape index (κ1) is 17.0. The van der Waals surface area contributed by atoms with Crippen LogP contribution in [0.3, 0.4) is 0 Å². The van der Waals surface area contributed by atoms with E-state index in [4.69, 9.17) is 9.39 Å². The zero-order chi connectivity index (χ0) is 18.0. The number of carbonyl (C=O) groups is 2. The molecule has 3 saturated heterocycles. The standard InChI is InChI=1S/C13H20N4O7S/c1-15-5-8(6-15)23-14-11(18)9-4-13(2-3-13)10-7-16(9)12(19)17(10)24-25(20,21)22/h8-10H,2-7H2,1H3,(H,14,18)(H,20,21,22)/t9-,10-/m0/s1. The summed E-state index contributed by atoms with van der Waals surface area (Å²) in [5.41, 5.74) is 2.07. The van der Waals surface area contributed by atoms with Gasteiger partial charge in [0.25, 0.3) is 5.91 Å². The van der Waals surface area contributed by atoms with E-state index < -0.39 is 34.4 Å². The molecule has 1 spiro atoms. The summed E-state index contributed by atoms with van der Waals surface area (Å²) in [5.74, 6) is -0.429. The van der Waals surface area contributed by atoms with Crippen molar-refractivity contribution in [1.82, 2.24) is 20.3 Å². The van der Waals surface area contributed by atoms with E-state index in [9.17, 15) is 18.0 Å². The molecule has 0 aromatic rings. The lowest BCUT2D eigenvalue weighted by Gasteiger charge is -2.37. The second-order valence-corrected chi connectivity index (χ2v) is 8.29. The van der Waals surface area contributed by atoms with Crippen LogP contribution in [0.25, 0.3) is 0 Å². The smallest absolute Gasteiger partial charge is 0.309 e. The Labute approximate surface area is 144 Å². The summed E-state index contributed by atoms with van der Waals surface area (Å²) in [6, 6.07) is -1.99. The van der Waals surface area contributed by atoms with Crippen LogP contribution < -0.4 is 5.48 Å². The number of hydroxylamine groups is 3. The minimum absolute atomic E-state index is 0.0752. The number of likely N-dealkylation sites (tertiary alicyclic amines) is 1. The molecule has 2 bridgehead atoms. The highest BCUT2D eigenvalue weighted by atomic mass is 32.3. The average Bonchev–Trinajstić information content (AvgIpc) is 3.20. The number of rotatable bonds is 5. The molecule has 2 atom stereocenters. The molecule has 4 rings (SSSR count). The Bertz CT molecular complexity index is 703. The van der Waals surface area contributed by atoms with Crippen molar-refractivity contribution >= 4 is 22.3 Å². The molecule has 1 aliphatic carbocycles. The van der Waals surface area contributed by atoms with E-state index in [2.05, 4.69) is 9.76 Å². The van der Waals surface area contributed by atoms with E-state index in [1.54, 1.807) is 0 Å². The third-order valence-corrected chi connectivity index (χ3v) is 5.85. The molecule has 140 valence electrons. The van der Waals surface area contributed by atoms with Gasteiger partial charge >= 0.3 is 16.4 Å². The summed E-state index contributed by atoms with van der Waals surface area (Å²) in [7, 11) is -2.88. The average molecular weight is 376 g/mol. The first-order valence-electron chi connectivity index (χ1n) is 8.09. The highest BCUT2D eigenvalue weighted by Gasteiger charge is 2.65. The summed E-state index contributed by atoms with van der Waals surface area (Å²) in [6.07, 6.45) is 1.87. The summed E-state index contributed by atoms with van der Waals surface area (Å²) in [4.78, 5) is 33.6. The van der Waals surface area contributed by atoms with Crippen LogP contribution >= 0.6 is 0 Å². The van der Waals surface area contributed by atoms with E-state index in [-0.39, 0.29) is 18.1 Å². The molecule has 12 heteroatoms.